The summed E-state index contributed by atoms with van der Waals surface area (Å²) in [6, 6.07) is -0.523. The van der Waals surface area contributed by atoms with Crippen molar-refractivity contribution in [2.24, 2.45) is 11.5 Å². The number of unbranched alkanes of at least 4 members (excludes halogenated alkanes) is 1. The molecule has 0 saturated carbocycles. The van der Waals surface area contributed by atoms with Crippen molar-refractivity contribution >= 4 is 7.82 Å². The second kappa shape index (κ2) is 6.50. The van der Waals surface area contributed by atoms with Crippen molar-refractivity contribution in [1.29, 1.82) is 0 Å². The lowest BCUT2D eigenvalue weighted by molar-refractivity contribution is 0.0952. The average molecular weight is 226 g/mol. The fraction of sp³-hybridized carbons (Fsp3) is 1.00. The number of nitrogens with two attached hydrogens (primary N) is 2. The minimum absolute atomic E-state index is 0.177. The van der Waals surface area contributed by atoms with Crippen LogP contribution in [-0.4, -0.2) is 23.8 Å². The predicted octanol–water partition coefficient (Wildman–Crippen LogP) is 0.552. The minimum atomic E-state index is -4.04. The lowest BCUT2D eigenvalue weighted by atomic mass is 10.3. The first-order valence-electron chi connectivity index (χ1n) is 4.56. The van der Waals surface area contributed by atoms with Crippen molar-refractivity contribution in [3.63, 3.8) is 0 Å². The van der Waals surface area contributed by atoms with Crippen LogP contribution < -0.4 is 11.5 Å². The summed E-state index contributed by atoms with van der Waals surface area (Å²) in [5.41, 5.74) is 10.7. The van der Waals surface area contributed by atoms with Gasteiger partial charge in [0.2, 0.25) is 0 Å². The minimum Gasteiger partial charge on any atom is -0.325 e. The molecule has 7 heteroatoms. The van der Waals surface area contributed by atoms with E-state index in [2.05, 4.69) is 9.05 Å². The number of phosphoric acid groups is 1. The van der Waals surface area contributed by atoms with Crippen molar-refractivity contribution < 1.29 is 18.5 Å². The molecule has 5 N–H and O–H groups in total. The monoisotopic (exact) mass is 226 g/mol. The van der Waals surface area contributed by atoms with Crippen LogP contribution in [0, 0.1) is 0 Å². The normalized spacial score (nSPS) is 20.1. The van der Waals surface area contributed by atoms with Gasteiger partial charge < -0.3 is 16.4 Å². The molecule has 0 fully saturated rings. The summed E-state index contributed by atoms with van der Waals surface area (Å²) < 4.78 is 20.4. The van der Waals surface area contributed by atoms with Crippen molar-refractivity contribution in [2.75, 3.05) is 6.61 Å². The maximum absolute atomic E-state index is 11.2. The topological polar surface area (TPSA) is 108 Å². The van der Waals surface area contributed by atoms with Gasteiger partial charge in [-0.25, -0.2) is 4.57 Å². The summed E-state index contributed by atoms with van der Waals surface area (Å²) in [6.07, 6.45) is 0.577. The van der Waals surface area contributed by atoms with Gasteiger partial charge >= 0.3 is 7.82 Å². The van der Waals surface area contributed by atoms with E-state index < -0.39 is 20.1 Å². The van der Waals surface area contributed by atoms with Gasteiger partial charge in [-0.15, -0.1) is 0 Å². The molecule has 0 aliphatic rings. The molecule has 0 bridgehead atoms. The van der Waals surface area contributed by atoms with Crippen LogP contribution in [0.2, 0.25) is 0 Å². The molecule has 0 rings (SSSR count). The number of hydrogen-bond donors (Lipinski definition) is 3. The predicted molar refractivity (Wildman–Crippen MR) is 53.4 cm³/mol. The molecule has 0 aromatic carbocycles. The van der Waals surface area contributed by atoms with Crippen molar-refractivity contribution in [3.05, 3.63) is 0 Å². The number of hydrogen-bond acceptors (Lipinski definition) is 5. The molecule has 0 aliphatic heterocycles. The molecule has 3 unspecified atom stereocenters. The first-order valence-corrected chi connectivity index (χ1v) is 6.05. The van der Waals surface area contributed by atoms with Gasteiger partial charge in [0.05, 0.1) is 6.61 Å². The third-order valence-electron chi connectivity index (χ3n) is 1.53. The Hall–Kier alpha value is 0.0300. The lowest BCUT2D eigenvalue weighted by Gasteiger charge is -2.19. The molecule has 3 atom stereocenters. The Morgan fingerprint density at radius 1 is 1.50 bits per heavy atom. The SMILES string of the molecule is CCCCOP(=O)(O)OC(N)C(C)N. The first kappa shape index (κ1) is 14.0. The van der Waals surface area contributed by atoms with Gasteiger partial charge in [-0.2, -0.15) is 0 Å². The Kier molecular flexibility index (Phi) is 6.52. The largest absolute Gasteiger partial charge is 0.473 e. The quantitative estimate of drug-likeness (QED) is 0.332. The molecule has 0 spiro atoms. The first-order chi connectivity index (χ1) is 6.39. The van der Waals surface area contributed by atoms with E-state index in [4.69, 9.17) is 16.4 Å². The summed E-state index contributed by atoms with van der Waals surface area (Å²) in [7, 11) is -4.04. The molecule has 0 amide bonds. The van der Waals surface area contributed by atoms with Crippen LogP contribution in [0.4, 0.5) is 0 Å². The molecular weight excluding hydrogens is 207 g/mol. The van der Waals surface area contributed by atoms with E-state index in [9.17, 15) is 4.57 Å². The molecule has 0 radical (unpaired) electrons. The third kappa shape index (κ3) is 6.48. The molecule has 0 aromatic rings. The van der Waals surface area contributed by atoms with E-state index in [0.29, 0.717) is 6.42 Å². The van der Waals surface area contributed by atoms with Gasteiger partial charge in [0, 0.05) is 6.04 Å². The van der Waals surface area contributed by atoms with Crippen LogP contribution >= 0.6 is 7.82 Å². The fourth-order valence-corrected chi connectivity index (χ4v) is 1.52. The molecule has 14 heavy (non-hydrogen) atoms. The van der Waals surface area contributed by atoms with Gasteiger partial charge in [0.25, 0.3) is 0 Å². The highest BCUT2D eigenvalue weighted by Crippen LogP contribution is 2.44. The van der Waals surface area contributed by atoms with Gasteiger partial charge in [-0.05, 0) is 13.3 Å². The summed E-state index contributed by atoms with van der Waals surface area (Å²) in [5, 5.41) is 0. The molecule has 86 valence electrons. The second-order valence-corrected chi connectivity index (χ2v) is 4.49. The molecule has 0 aliphatic carbocycles. The van der Waals surface area contributed by atoms with Gasteiger partial charge in [-0.3, -0.25) is 9.05 Å². The third-order valence-corrected chi connectivity index (χ3v) is 2.54. The highest BCUT2D eigenvalue weighted by molar-refractivity contribution is 7.47. The van der Waals surface area contributed by atoms with E-state index in [1.54, 1.807) is 6.92 Å². The summed E-state index contributed by atoms with van der Waals surface area (Å²) in [5.74, 6) is 0. The standard InChI is InChI=1S/C7H19N2O4P/c1-3-4-5-12-14(10,11)13-7(9)6(2)8/h6-7H,3-5,8-9H2,1-2H3,(H,10,11). The van der Waals surface area contributed by atoms with E-state index in [0.717, 1.165) is 6.42 Å². The molecular formula is C7H19N2O4P. The van der Waals surface area contributed by atoms with Crippen molar-refractivity contribution in [3.8, 4) is 0 Å². The molecule has 0 heterocycles. The molecule has 0 aromatic heterocycles. The number of rotatable bonds is 7. The maximum atomic E-state index is 11.2. The average Bonchev–Trinajstić information content (AvgIpc) is 2.03. The van der Waals surface area contributed by atoms with Crippen LogP contribution in [-0.2, 0) is 13.6 Å². The zero-order valence-corrected chi connectivity index (χ0v) is 9.44. The molecule has 6 nitrogen and oxygen atoms in total. The van der Waals surface area contributed by atoms with E-state index in [1.165, 1.54) is 0 Å². The van der Waals surface area contributed by atoms with Gasteiger partial charge in [-0.1, -0.05) is 13.3 Å². The van der Waals surface area contributed by atoms with E-state index >= 15 is 0 Å². The zero-order valence-electron chi connectivity index (χ0n) is 8.55. The van der Waals surface area contributed by atoms with Crippen LogP contribution in [0.1, 0.15) is 26.7 Å². The fourth-order valence-electron chi connectivity index (χ4n) is 0.604. The van der Waals surface area contributed by atoms with Gasteiger partial charge in [0.1, 0.15) is 6.23 Å². The van der Waals surface area contributed by atoms with Crippen LogP contribution in [0.15, 0.2) is 0 Å². The van der Waals surface area contributed by atoms with Crippen LogP contribution in [0.5, 0.6) is 0 Å². The summed E-state index contributed by atoms with van der Waals surface area (Å²) in [4.78, 5) is 9.14. The van der Waals surface area contributed by atoms with Crippen molar-refractivity contribution in [2.45, 2.75) is 39.0 Å². The van der Waals surface area contributed by atoms with Crippen LogP contribution in [0.25, 0.3) is 0 Å². The lowest BCUT2D eigenvalue weighted by Crippen LogP contribution is -2.40. The van der Waals surface area contributed by atoms with Gasteiger partial charge in [0.15, 0.2) is 0 Å². The highest BCUT2D eigenvalue weighted by Gasteiger charge is 2.25. The van der Waals surface area contributed by atoms with E-state index in [-0.39, 0.29) is 6.61 Å². The summed E-state index contributed by atoms with van der Waals surface area (Å²) in [6.45, 7) is 3.70. The van der Waals surface area contributed by atoms with E-state index in [1.807, 2.05) is 6.92 Å². The van der Waals surface area contributed by atoms with Crippen molar-refractivity contribution in [1.82, 2.24) is 0 Å². The Balaban J connectivity index is 3.88. The highest BCUT2D eigenvalue weighted by atomic mass is 31.2. The molecule has 0 saturated heterocycles. The Morgan fingerprint density at radius 3 is 2.50 bits per heavy atom. The smallest absolute Gasteiger partial charge is 0.325 e. The number of phosphoric ester groups is 1. The second-order valence-electron chi connectivity index (χ2n) is 3.08. The zero-order chi connectivity index (χ0) is 11.2. The summed E-state index contributed by atoms with van der Waals surface area (Å²) >= 11 is 0. The Morgan fingerprint density at radius 2 is 2.07 bits per heavy atom. The Bertz CT molecular complexity index is 200. The maximum Gasteiger partial charge on any atom is 0.473 e. The Labute approximate surface area is 84.2 Å². The van der Waals surface area contributed by atoms with Crippen LogP contribution in [0.3, 0.4) is 0 Å².